The maximum absolute atomic E-state index is 14.0. The Bertz CT molecular complexity index is 2880. The number of hydrogen-bond acceptors (Lipinski definition) is 8. The van der Waals surface area contributed by atoms with Crippen molar-refractivity contribution >= 4 is 56.8 Å². The minimum atomic E-state index is -0.897. The van der Waals surface area contributed by atoms with Gasteiger partial charge < -0.3 is 39.9 Å². The molecule has 0 saturated carbocycles. The van der Waals surface area contributed by atoms with Gasteiger partial charge in [-0.1, -0.05) is 84.6 Å². The summed E-state index contributed by atoms with van der Waals surface area (Å²) < 4.78 is 9.68. The lowest BCUT2D eigenvalue weighted by Gasteiger charge is -2.28. The molecule has 4 N–H and O–H groups in total. The summed E-state index contributed by atoms with van der Waals surface area (Å²) in [6.07, 6.45) is 1.72. The van der Waals surface area contributed by atoms with E-state index in [0.717, 1.165) is 69.6 Å². The van der Waals surface area contributed by atoms with Crippen molar-refractivity contribution in [2.24, 2.45) is 0 Å². The Morgan fingerprint density at radius 1 is 0.645 bits per heavy atom. The summed E-state index contributed by atoms with van der Waals surface area (Å²) in [5.74, 6) is 7.55. The van der Waals surface area contributed by atoms with Gasteiger partial charge in [0.25, 0.3) is 11.8 Å². The molecule has 5 aromatic carbocycles. The number of aromatic nitrogens is 4. The number of carbonyl (C=O) groups excluding carboxylic acids is 4. The Morgan fingerprint density at radius 3 is 1.76 bits per heavy atom. The number of alkyl carbamates (subject to hydrolysis) is 2. The van der Waals surface area contributed by atoms with E-state index in [9.17, 15) is 19.2 Å². The van der Waals surface area contributed by atoms with Gasteiger partial charge in [-0.25, -0.2) is 19.6 Å². The molecule has 2 aliphatic heterocycles. The number of aromatic amines is 2. The highest BCUT2D eigenvalue weighted by molar-refractivity contribution is 6.04. The molecule has 7 aromatic rings. The molecule has 0 aliphatic carbocycles. The molecule has 14 heteroatoms. The Kier molecular flexibility index (Phi) is 11.0. The third kappa shape index (κ3) is 7.88. The average molecular weight is 829 g/mol. The molecule has 0 radical (unpaired) electrons. The molecule has 14 nitrogen and oxygen atoms in total. The Hall–Kier alpha value is -7.66. The number of H-pyrrole nitrogens is 2. The van der Waals surface area contributed by atoms with Crippen molar-refractivity contribution in [1.29, 1.82) is 0 Å². The number of methoxy groups -OCH3 is 2. The van der Waals surface area contributed by atoms with Gasteiger partial charge in [-0.2, -0.15) is 0 Å². The first-order valence-corrected chi connectivity index (χ1v) is 20.6. The molecular formula is C48H44N8O6. The fourth-order valence-corrected chi connectivity index (χ4v) is 8.65. The van der Waals surface area contributed by atoms with Crippen LogP contribution in [0.15, 0.2) is 109 Å². The van der Waals surface area contributed by atoms with Gasteiger partial charge in [-0.05, 0) is 78.6 Å². The number of nitrogens with zero attached hydrogens (tertiary/aromatic N) is 4. The quantitative estimate of drug-likeness (QED) is 0.114. The van der Waals surface area contributed by atoms with E-state index in [1.165, 1.54) is 14.2 Å². The maximum atomic E-state index is 14.0. The lowest BCUT2D eigenvalue weighted by atomic mass is 10.0. The SMILES string of the molecule is COC(=O)NC(C(=O)N1CCC[C@H]1c1nc2ccc(C#Cc3ccc4c(ccc5[nH]c([C@@H]6CCCN6C(=O)[C@@H](NC(=O)OC)c6ccccc6)nc54)c3)cc2[nH]1)c1ccccc1. The topological polar surface area (TPSA) is 175 Å². The number of hydrogen-bond donors (Lipinski definition) is 4. The third-order valence-electron chi connectivity index (χ3n) is 11.7. The predicted molar refractivity (Wildman–Crippen MR) is 232 cm³/mol. The number of amides is 4. The van der Waals surface area contributed by atoms with Crippen molar-refractivity contribution in [3.8, 4) is 11.8 Å². The summed E-state index contributed by atoms with van der Waals surface area (Å²) >= 11 is 0. The van der Waals surface area contributed by atoms with Crippen molar-refractivity contribution < 1.29 is 28.7 Å². The maximum Gasteiger partial charge on any atom is 0.407 e. The molecular weight excluding hydrogens is 785 g/mol. The van der Waals surface area contributed by atoms with E-state index in [-0.39, 0.29) is 23.9 Å². The summed E-state index contributed by atoms with van der Waals surface area (Å²) in [6.45, 7) is 1.08. The van der Waals surface area contributed by atoms with Gasteiger partial charge in [0.2, 0.25) is 0 Å². The fourth-order valence-electron chi connectivity index (χ4n) is 8.65. The Labute approximate surface area is 357 Å². The van der Waals surface area contributed by atoms with Crippen LogP contribution in [-0.2, 0) is 19.1 Å². The zero-order valence-electron chi connectivity index (χ0n) is 34.2. The molecule has 312 valence electrons. The molecule has 9 rings (SSSR count). The number of nitrogens with one attached hydrogen (secondary N) is 4. The number of likely N-dealkylation sites (tertiary alicyclic amines) is 2. The van der Waals surface area contributed by atoms with E-state index in [2.05, 4.69) is 32.4 Å². The van der Waals surface area contributed by atoms with Gasteiger partial charge in [0.1, 0.15) is 23.7 Å². The first kappa shape index (κ1) is 39.8. The van der Waals surface area contributed by atoms with E-state index in [0.29, 0.717) is 35.9 Å². The van der Waals surface area contributed by atoms with E-state index >= 15 is 0 Å². The Morgan fingerprint density at radius 2 is 1.18 bits per heavy atom. The van der Waals surface area contributed by atoms with Gasteiger partial charge in [0, 0.05) is 29.6 Å². The molecule has 0 spiro atoms. The number of fused-ring (bicyclic) bond motifs is 4. The van der Waals surface area contributed by atoms with Crippen LogP contribution < -0.4 is 10.6 Å². The van der Waals surface area contributed by atoms with Crippen LogP contribution in [0.4, 0.5) is 9.59 Å². The van der Waals surface area contributed by atoms with E-state index in [1.807, 2.05) is 109 Å². The minimum Gasteiger partial charge on any atom is -0.453 e. The van der Waals surface area contributed by atoms with Gasteiger partial charge in [0.05, 0.1) is 48.4 Å². The summed E-state index contributed by atoms with van der Waals surface area (Å²) in [4.78, 5) is 72.9. The molecule has 1 unspecified atom stereocenters. The highest BCUT2D eigenvalue weighted by Gasteiger charge is 2.38. The molecule has 2 aliphatic rings. The summed E-state index contributed by atoms with van der Waals surface area (Å²) in [7, 11) is 2.56. The zero-order chi connectivity index (χ0) is 42.7. The van der Waals surface area contributed by atoms with E-state index in [4.69, 9.17) is 19.4 Å². The second-order valence-corrected chi connectivity index (χ2v) is 15.5. The van der Waals surface area contributed by atoms with Gasteiger partial charge in [-0.3, -0.25) is 9.59 Å². The summed E-state index contributed by atoms with van der Waals surface area (Å²) in [6, 6.07) is 31.9. The number of benzene rings is 5. The summed E-state index contributed by atoms with van der Waals surface area (Å²) in [5, 5.41) is 7.38. The molecule has 2 saturated heterocycles. The van der Waals surface area contributed by atoms with Gasteiger partial charge in [-0.15, -0.1) is 0 Å². The lowest BCUT2D eigenvalue weighted by molar-refractivity contribution is -0.135. The molecule has 2 aromatic heterocycles. The number of ether oxygens (including phenoxy) is 2. The van der Waals surface area contributed by atoms with Crippen LogP contribution in [0.25, 0.3) is 32.8 Å². The number of imidazole rings is 2. The van der Waals surface area contributed by atoms with Crippen LogP contribution in [0.2, 0.25) is 0 Å². The second-order valence-electron chi connectivity index (χ2n) is 15.5. The van der Waals surface area contributed by atoms with Crippen LogP contribution in [0.1, 0.15) is 83.8 Å². The minimum absolute atomic E-state index is 0.222. The predicted octanol–water partition coefficient (Wildman–Crippen LogP) is 7.51. The average Bonchev–Trinajstić information content (AvgIpc) is 4.15. The van der Waals surface area contributed by atoms with Crippen molar-refractivity contribution in [2.75, 3.05) is 27.3 Å². The fraction of sp³-hybridized carbons (Fsp3) is 0.250. The third-order valence-corrected chi connectivity index (χ3v) is 11.7. The van der Waals surface area contributed by atoms with Crippen molar-refractivity contribution in [3.63, 3.8) is 0 Å². The largest absolute Gasteiger partial charge is 0.453 e. The zero-order valence-corrected chi connectivity index (χ0v) is 34.2. The van der Waals surface area contributed by atoms with Crippen LogP contribution in [0, 0.1) is 11.8 Å². The van der Waals surface area contributed by atoms with Crippen LogP contribution >= 0.6 is 0 Å². The van der Waals surface area contributed by atoms with E-state index in [1.54, 1.807) is 9.80 Å². The first-order chi connectivity index (χ1) is 30.3. The first-order valence-electron chi connectivity index (χ1n) is 20.6. The molecule has 2 fully saturated rings. The molecule has 4 heterocycles. The van der Waals surface area contributed by atoms with Crippen molar-refractivity contribution in [1.82, 2.24) is 40.4 Å². The van der Waals surface area contributed by atoms with Crippen molar-refractivity contribution in [3.05, 3.63) is 143 Å². The van der Waals surface area contributed by atoms with Gasteiger partial charge in [0.15, 0.2) is 0 Å². The molecule has 62 heavy (non-hydrogen) atoms. The molecule has 4 amide bonds. The highest BCUT2D eigenvalue weighted by atomic mass is 16.5. The van der Waals surface area contributed by atoms with E-state index < -0.39 is 24.3 Å². The van der Waals surface area contributed by atoms with Crippen molar-refractivity contribution in [2.45, 2.75) is 49.9 Å². The molecule has 0 bridgehead atoms. The van der Waals surface area contributed by atoms with Crippen LogP contribution in [-0.4, -0.2) is 81.0 Å². The second kappa shape index (κ2) is 17.1. The lowest BCUT2D eigenvalue weighted by Crippen LogP contribution is -2.42. The Balaban J connectivity index is 0.927. The molecule has 4 atom stereocenters. The standard InChI is InChI=1S/C48H44N8O6/c1-61-47(59)53-40(31-11-5-3-6-12-31)45(57)55-25-9-15-38(55)43-49-35-23-20-30(28-37(35)51-43)18-17-29-19-22-34-33(27-29)21-24-36-42(34)52-44(50-36)39-16-10-26-56(39)46(58)41(54-48(60)62-2)32-13-7-4-8-14-32/h3-8,11-14,19-24,27-28,38-41H,9-10,15-16,25-26H2,1-2H3,(H,49,51)(H,50,52)(H,53,59)(H,54,60)/t38-,39-,40?,41-/m0/s1. The monoisotopic (exact) mass is 828 g/mol. The number of rotatable bonds is 8. The normalized spacial score (nSPS) is 17.1. The highest BCUT2D eigenvalue weighted by Crippen LogP contribution is 2.36. The number of carbonyl (C=O) groups is 4. The van der Waals surface area contributed by atoms with Gasteiger partial charge >= 0.3 is 12.2 Å². The smallest absolute Gasteiger partial charge is 0.407 e. The van der Waals surface area contributed by atoms with Crippen LogP contribution in [0.5, 0.6) is 0 Å². The summed E-state index contributed by atoms with van der Waals surface area (Å²) in [5.41, 5.74) is 6.23. The van der Waals surface area contributed by atoms with Crippen LogP contribution in [0.3, 0.4) is 0 Å².